The van der Waals surface area contributed by atoms with Crippen LogP contribution in [0.2, 0.25) is 0 Å². The predicted molar refractivity (Wildman–Crippen MR) is 59.5 cm³/mol. The second kappa shape index (κ2) is 4.92. The van der Waals surface area contributed by atoms with E-state index in [1.165, 1.54) is 13.3 Å². The molecule has 100 valence electrons. The van der Waals surface area contributed by atoms with Crippen LogP contribution in [0.15, 0.2) is 15.8 Å². The molecule has 2 heterocycles. The van der Waals surface area contributed by atoms with E-state index in [1.54, 1.807) is 0 Å². The molecule has 3 N–H and O–H groups in total. The molecule has 1 aliphatic heterocycles. The third kappa shape index (κ3) is 2.17. The number of aromatic nitrogens is 2. The minimum Gasteiger partial charge on any atom is -0.490 e. The van der Waals surface area contributed by atoms with Crippen LogP contribution in [-0.4, -0.2) is 45.7 Å². The lowest BCUT2D eigenvalue weighted by atomic mass is 10.2. The van der Waals surface area contributed by atoms with Crippen LogP contribution in [0.1, 0.15) is 12.6 Å². The second-order valence-electron chi connectivity index (χ2n) is 3.98. The zero-order valence-electron chi connectivity index (χ0n) is 9.70. The third-order valence-electron chi connectivity index (χ3n) is 2.85. The zero-order valence-corrected chi connectivity index (χ0v) is 9.70. The molecular formula is C10H14N2O6. The largest absolute Gasteiger partial charge is 0.490 e. The monoisotopic (exact) mass is 258 g/mol. The van der Waals surface area contributed by atoms with Gasteiger partial charge in [-0.05, 0) is 0 Å². The summed E-state index contributed by atoms with van der Waals surface area (Å²) in [5.41, 5.74) is -1.28. The van der Waals surface area contributed by atoms with Crippen molar-refractivity contribution in [3.05, 3.63) is 27.0 Å². The standard InChI is InChI=1S/C10H14N2O6/c1-17-6-3-12(10(16)11-9(6)15)8-2-5(14)7(4-13)18-8/h3,5,7-8,13-14H,2,4H2,1H3,(H,11,15,16)/t5?,7-,8-/m1/s1. The highest BCUT2D eigenvalue weighted by molar-refractivity contribution is 5.12. The van der Waals surface area contributed by atoms with Crippen molar-refractivity contribution in [2.24, 2.45) is 0 Å². The van der Waals surface area contributed by atoms with Gasteiger partial charge in [-0.3, -0.25) is 14.3 Å². The van der Waals surface area contributed by atoms with Crippen LogP contribution in [-0.2, 0) is 4.74 Å². The molecule has 8 nitrogen and oxygen atoms in total. The van der Waals surface area contributed by atoms with Crippen LogP contribution >= 0.6 is 0 Å². The molecule has 1 aromatic heterocycles. The number of methoxy groups -OCH3 is 1. The first-order chi connectivity index (χ1) is 8.56. The number of hydrogen-bond donors (Lipinski definition) is 3. The van der Waals surface area contributed by atoms with Crippen LogP contribution < -0.4 is 16.0 Å². The molecule has 0 bridgehead atoms. The van der Waals surface area contributed by atoms with E-state index in [2.05, 4.69) is 4.98 Å². The Labute approximate surface area is 101 Å². The number of rotatable bonds is 3. The molecule has 3 atom stereocenters. The highest BCUT2D eigenvalue weighted by atomic mass is 16.5. The first kappa shape index (κ1) is 12.8. The van der Waals surface area contributed by atoms with E-state index in [0.29, 0.717) is 0 Å². The Balaban J connectivity index is 2.35. The molecule has 0 spiro atoms. The van der Waals surface area contributed by atoms with Crippen molar-refractivity contribution in [1.82, 2.24) is 9.55 Å². The normalized spacial score (nSPS) is 27.4. The molecule has 1 fully saturated rings. The van der Waals surface area contributed by atoms with Crippen molar-refractivity contribution in [3.8, 4) is 5.75 Å². The SMILES string of the molecule is COc1cn([C@H]2CC(O)[C@@H](CO)O2)c(=O)[nH]c1=O. The van der Waals surface area contributed by atoms with Gasteiger partial charge in [0.15, 0.2) is 0 Å². The van der Waals surface area contributed by atoms with Gasteiger partial charge in [0.1, 0.15) is 12.3 Å². The van der Waals surface area contributed by atoms with Gasteiger partial charge in [-0.25, -0.2) is 4.79 Å². The quantitative estimate of drug-likeness (QED) is 0.588. The van der Waals surface area contributed by atoms with Crippen molar-refractivity contribution in [2.45, 2.75) is 24.9 Å². The van der Waals surface area contributed by atoms with Crippen molar-refractivity contribution < 1.29 is 19.7 Å². The Morgan fingerprint density at radius 2 is 2.33 bits per heavy atom. The van der Waals surface area contributed by atoms with E-state index in [4.69, 9.17) is 14.6 Å². The number of aliphatic hydroxyl groups excluding tert-OH is 2. The fourth-order valence-electron chi connectivity index (χ4n) is 1.88. The van der Waals surface area contributed by atoms with Gasteiger partial charge in [0.25, 0.3) is 5.56 Å². The van der Waals surface area contributed by atoms with E-state index < -0.39 is 29.7 Å². The number of aromatic amines is 1. The summed E-state index contributed by atoms with van der Waals surface area (Å²) in [7, 11) is 1.31. The van der Waals surface area contributed by atoms with Gasteiger partial charge in [0.2, 0.25) is 5.75 Å². The Bertz CT molecular complexity index is 536. The number of nitrogens with one attached hydrogen (secondary N) is 1. The molecule has 0 aliphatic carbocycles. The lowest BCUT2D eigenvalue weighted by molar-refractivity contribution is -0.0460. The number of H-pyrrole nitrogens is 1. The molecule has 0 amide bonds. The Morgan fingerprint density at radius 1 is 1.61 bits per heavy atom. The van der Waals surface area contributed by atoms with Gasteiger partial charge in [-0.1, -0.05) is 0 Å². The van der Waals surface area contributed by atoms with Crippen molar-refractivity contribution in [3.63, 3.8) is 0 Å². The smallest absolute Gasteiger partial charge is 0.330 e. The van der Waals surface area contributed by atoms with Crippen molar-refractivity contribution in [2.75, 3.05) is 13.7 Å². The molecule has 1 aromatic rings. The van der Waals surface area contributed by atoms with Gasteiger partial charge < -0.3 is 19.7 Å². The molecule has 0 radical (unpaired) electrons. The highest BCUT2D eigenvalue weighted by Crippen LogP contribution is 2.27. The number of hydrogen-bond acceptors (Lipinski definition) is 6. The lowest BCUT2D eigenvalue weighted by Gasteiger charge is -2.14. The number of aliphatic hydroxyl groups is 2. The van der Waals surface area contributed by atoms with Gasteiger partial charge >= 0.3 is 5.69 Å². The average Bonchev–Trinajstić information content (AvgIpc) is 2.70. The van der Waals surface area contributed by atoms with Crippen molar-refractivity contribution >= 4 is 0 Å². The summed E-state index contributed by atoms with van der Waals surface area (Å²) in [6, 6.07) is 0. The van der Waals surface area contributed by atoms with Crippen LogP contribution in [0.5, 0.6) is 5.75 Å². The third-order valence-corrected chi connectivity index (χ3v) is 2.85. The summed E-state index contributed by atoms with van der Waals surface area (Å²) >= 11 is 0. The summed E-state index contributed by atoms with van der Waals surface area (Å²) in [4.78, 5) is 25.0. The maximum absolute atomic E-state index is 11.6. The van der Waals surface area contributed by atoms with Crippen LogP contribution in [0.3, 0.4) is 0 Å². The molecule has 1 unspecified atom stereocenters. The van der Waals surface area contributed by atoms with Gasteiger partial charge in [0, 0.05) is 6.42 Å². The topological polar surface area (TPSA) is 114 Å². The second-order valence-corrected chi connectivity index (χ2v) is 3.98. The molecule has 0 saturated carbocycles. The van der Waals surface area contributed by atoms with E-state index in [-0.39, 0.29) is 18.8 Å². The number of nitrogens with zero attached hydrogens (tertiary/aromatic N) is 1. The lowest BCUT2D eigenvalue weighted by Crippen LogP contribution is -2.32. The maximum atomic E-state index is 11.6. The molecule has 1 aliphatic rings. The molecular weight excluding hydrogens is 244 g/mol. The van der Waals surface area contributed by atoms with E-state index in [9.17, 15) is 14.7 Å². The number of ether oxygens (including phenoxy) is 2. The van der Waals surface area contributed by atoms with Gasteiger partial charge in [-0.2, -0.15) is 0 Å². The molecule has 8 heteroatoms. The minimum atomic E-state index is -0.857. The highest BCUT2D eigenvalue weighted by Gasteiger charge is 2.35. The van der Waals surface area contributed by atoms with Crippen LogP contribution in [0.25, 0.3) is 0 Å². The van der Waals surface area contributed by atoms with E-state index in [0.717, 1.165) is 4.57 Å². The summed E-state index contributed by atoms with van der Waals surface area (Å²) < 4.78 is 11.2. The first-order valence-electron chi connectivity index (χ1n) is 5.40. The zero-order chi connectivity index (χ0) is 13.3. The molecule has 18 heavy (non-hydrogen) atoms. The summed E-state index contributed by atoms with van der Waals surface area (Å²) in [6.07, 6.45) is -0.960. The predicted octanol–water partition coefficient (Wildman–Crippen LogP) is -1.81. The Morgan fingerprint density at radius 3 is 2.89 bits per heavy atom. The fourth-order valence-corrected chi connectivity index (χ4v) is 1.88. The van der Waals surface area contributed by atoms with Crippen LogP contribution in [0.4, 0.5) is 0 Å². The van der Waals surface area contributed by atoms with E-state index in [1.807, 2.05) is 0 Å². The van der Waals surface area contributed by atoms with Crippen molar-refractivity contribution in [1.29, 1.82) is 0 Å². The minimum absolute atomic E-state index is 0.0276. The van der Waals surface area contributed by atoms with Gasteiger partial charge in [-0.15, -0.1) is 0 Å². The summed E-state index contributed by atoms with van der Waals surface area (Å²) in [5, 5.41) is 18.5. The van der Waals surface area contributed by atoms with Gasteiger partial charge in [0.05, 0.1) is 26.0 Å². The fraction of sp³-hybridized carbons (Fsp3) is 0.600. The Hall–Kier alpha value is -1.64. The summed E-state index contributed by atoms with van der Waals surface area (Å²) in [6.45, 7) is -0.340. The summed E-state index contributed by atoms with van der Waals surface area (Å²) in [5.74, 6) is -0.0276. The molecule has 0 aromatic carbocycles. The first-order valence-corrected chi connectivity index (χ1v) is 5.40. The molecule has 2 rings (SSSR count). The van der Waals surface area contributed by atoms with Crippen LogP contribution in [0, 0.1) is 0 Å². The van der Waals surface area contributed by atoms with E-state index >= 15 is 0 Å². The maximum Gasteiger partial charge on any atom is 0.330 e. The molecule has 1 saturated heterocycles. The Kier molecular flexibility index (Phi) is 3.50. The average molecular weight is 258 g/mol.